The molecule has 5 nitrogen and oxygen atoms in total. The Bertz CT molecular complexity index is 267. The summed E-state index contributed by atoms with van der Waals surface area (Å²) >= 11 is 0. The first kappa shape index (κ1) is 11.9. The van der Waals surface area contributed by atoms with Crippen LogP contribution in [0, 0.1) is 0 Å². The Morgan fingerprint density at radius 1 is 1.29 bits per heavy atom. The van der Waals surface area contributed by atoms with Crippen molar-refractivity contribution < 1.29 is 18.6 Å². The zero-order chi connectivity index (χ0) is 10.8. The Hall–Kier alpha value is -0.170. The van der Waals surface area contributed by atoms with Crippen LogP contribution in [0.1, 0.15) is 6.42 Å². The number of hydrogen-bond donors (Lipinski definition) is 2. The van der Waals surface area contributed by atoms with E-state index in [-0.39, 0.29) is 5.75 Å². The second-order valence-corrected chi connectivity index (χ2v) is 6.14. The van der Waals surface area contributed by atoms with E-state index >= 15 is 0 Å². The standard InChI is InChI=1S/C8H17NO4S/c1-14(12,13)4-2-3-9-5-7(10)8(11)6-9/h7-8,10-11H,2-6H2,1H3/t7-,8+. The normalized spacial score (nSPS) is 29.6. The third-order valence-corrected chi connectivity index (χ3v) is 3.35. The van der Waals surface area contributed by atoms with Crippen LogP contribution in [-0.2, 0) is 9.84 Å². The molecule has 14 heavy (non-hydrogen) atoms. The fraction of sp³-hybridized carbons (Fsp3) is 1.00. The third-order valence-electron chi connectivity index (χ3n) is 2.32. The molecular weight excluding hydrogens is 206 g/mol. The van der Waals surface area contributed by atoms with Crippen LogP contribution >= 0.6 is 0 Å². The molecule has 84 valence electrons. The molecule has 1 rings (SSSR count). The van der Waals surface area contributed by atoms with E-state index in [1.54, 1.807) is 0 Å². The van der Waals surface area contributed by atoms with Crippen LogP contribution in [0.5, 0.6) is 0 Å². The molecule has 1 saturated heterocycles. The van der Waals surface area contributed by atoms with Crippen molar-refractivity contribution in [2.75, 3.05) is 31.6 Å². The number of aliphatic hydroxyl groups is 2. The lowest BCUT2D eigenvalue weighted by molar-refractivity contribution is 0.0572. The van der Waals surface area contributed by atoms with Crippen molar-refractivity contribution in [1.82, 2.24) is 4.90 Å². The van der Waals surface area contributed by atoms with E-state index in [9.17, 15) is 18.6 Å². The van der Waals surface area contributed by atoms with Gasteiger partial charge >= 0.3 is 0 Å². The van der Waals surface area contributed by atoms with Crippen LogP contribution in [0.3, 0.4) is 0 Å². The molecule has 2 atom stereocenters. The van der Waals surface area contributed by atoms with Crippen LogP contribution in [0.25, 0.3) is 0 Å². The number of hydrogen-bond acceptors (Lipinski definition) is 5. The van der Waals surface area contributed by atoms with Gasteiger partial charge in [-0.1, -0.05) is 0 Å². The van der Waals surface area contributed by atoms with Gasteiger partial charge in [0.2, 0.25) is 0 Å². The van der Waals surface area contributed by atoms with Gasteiger partial charge in [-0.25, -0.2) is 8.42 Å². The number of β-amino-alcohol motifs (C(OH)–C–C–N with tert-alkyl or cyclic N) is 2. The summed E-state index contributed by atoms with van der Waals surface area (Å²) in [5.74, 6) is 0.162. The number of aliphatic hydroxyl groups excluding tert-OH is 2. The minimum Gasteiger partial charge on any atom is -0.389 e. The Kier molecular flexibility index (Phi) is 3.88. The first-order valence-electron chi connectivity index (χ1n) is 4.65. The van der Waals surface area contributed by atoms with Crippen molar-refractivity contribution in [2.45, 2.75) is 18.6 Å². The molecule has 6 heteroatoms. The molecule has 1 fully saturated rings. The summed E-state index contributed by atoms with van der Waals surface area (Å²) in [6.45, 7) is 1.48. The highest BCUT2D eigenvalue weighted by molar-refractivity contribution is 7.90. The molecule has 0 radical (unpaired) electrons. The van der Waals surface area contributed by atoms with Crippen molar-refractivity contribution in [3.63, 3.8) is 0 Å². The van der Waals surface area contributed by atoms with Crippen molar-refractivity contribution in [3.05, 3.63) is 0 Å². The summed E-state index contributed by atoms with van der Waals surface area (Å²) in [4.78, 5) is 1.88. The van der Waals surface area contributed by atoms with E-state index < -0.39 is 22.0 Å². The van der Waals surface area contributed by atoms with E-state index in [0.29, 0.717) is 26.1 Å². The fourth-order valence-corrected chi connectivity index (χ4v) is 2.23. The lowest BCUT2D eigenvalue weighted by Gasteiger charge is -2.13. The minimum absolute atomic E-state index is 0.162. The van der Waals surface area contributed by atoms with Crippen LogP contribution in [0.2, 0.25) is 0 Å². The number of rotatable bonds is 4. The van der Waals surface area contributed by atoms with Crippen molar-refractivity contribution in [1.29, 1.82) is 0 Å². The summed E-state index contributed by atoms with van der Waals surface area (Å²) in [6, 6.07) is 0. The summed E-state index contributed by atoms with van der Waals surface area (Å²) in [5.41, 5.74) is 0. The highest BCUT2D eigenvalue weighted by atomic mass is 32.2. The van der Waals surface area contributed by atoms with Gasteiger partial charge in [-0.05, 0) is 13.0 Å². The largest absolute Gasteiger partial charge is 0.389 e. The van der Waals surface area contributed by atoms with Gasteiger partial charge < -0.3 is 10.2 Å². The Morgan fingerprint density at radius 3 is 2.21 bits per heavy atom. The van der Waals surface area contributed by atoms with Gasteiger partial charge in [0.05, 0.1) is 18.0 Å². The molecule has 0 bridgehead atoms. The SMILES string of the molecule is CS(=O)(=O)CCCN1C[C@@H](O)[C@@H](O)C1. The molecule has 0 spiro atoms. The molecule has 1 heterocycles. The van der Waals surface area contributed by atoms with Gasteiger partial charge in [-0.3, -0.25) is 4.90 Å². The molecule has 1 aliphatic heterocycles. The third kappa shape index (κ3) is 3.91. The average Bonchev–Trinajstić information content (AvgIpc) is 2.28. The predicted octanol–water partition coefficient (Wildman–Crippen LogP) is -1.54. The minimum atomic E-state index is -2.89. The van der Waals surface area contributed by atoms with Crippen molar-refractivity contribution >= 4 is 9.84 Å². The molecule has 0 aromatic carbocycles. The van der Waals surface area contributed by atoms with E-state index in [1.807, 2.05) is 4.90 Å². The van der Waals surface area contributed by atoms with E-state index in [2.05, 4.69) is 0 Å². The van der Waals surface area contributed by atoms with Gasteiger partial charge in [-0.15, -0.1) is 0 Å². The summed E-state index contributed by atoms with van der Waals surface area (Å²) < 4.78 is 21.6. The molecule has 1 aliphatic rings. The molecule has 0 unspecified atom stereocenters. The van der Waals surface area contributed by atoms with Gasteiger partial charge in [0, 0.05) is 19.3 Å². The lowest BCUT2D eigenvalue weighted by Crippen LogP contribution is -2.24. The maximum absolute atomic E-state index is 10.8. The van der Waals surface area contributed by atoms with Crippen LogP contribution in [0.4, 0.5) is 0 Å². The highest BCUT2D eigenvalue weighted by Gasteiger charge is 2.28. The maximum atomic E-state index is 10.8. The molecule has 0 aromatic heterocycles. The molecule has 2 N–H and O–H groups in total. The zero-order valence-corrected chi connectivity index (χ0v) is 9.07. The lowest BCUT2D eigenvalue weighted by atomic mass is 10.3. The zero-order valence-electron chi connectivity index (χ0n) is 8.26. The highest BCUT2D eigenvalue weighted by Crippen LogP contribution is 2.10. The van der Waals surface area contributed by atoms with Gasteiger partial charge in [0.25, 0.3) is 0 Å². The average molecular weight is 223 g/mol. The molecule has 0 saturated carbocycles. The Balaban J connectivity index is 2.21. The second kappa shape index (κ2) is 4.57. The van der Waals surface area contributed by atoms with Gasteiger partial charge in [0.15, 0.2) is 0 Å². The van der Waals surface area contributed by atoms with Crippen molar-refractivity contribution in [3.8, 4) is 0 Å². The summed E-state index contributed by atoms with van der Waals surface area (Å²) in [6.07, 6.45) is 0.389. The summed E-state index contributed by atoms with van der Waals surface area (Å²) in [7, 11) is -2.89. The number of likely N-dealkylation sites (tertiary alicyclic amines) is 1. The predicted molar refractivity (Wildman–Crippen MR) is 52.8 cm³/mol. The number of sulfone groups is 1. The molecular formula is C8H17NO4S. The fourth-order valence-electron chi connectivity index (χ4n) is 1.58. The molecule has 0 aliphatic carbocycles. The van der Waals surface area contributed by atoms with Crippen molar-refractivity contribution in [2.24, 2.45) is 0 Å². The molecule has 0 aromatic rings. The topological polar surface area (TPSA) is 77.8 Å². The maximum Gasteiger partial charge on any atom is 0.147 e. The van der Waals surface area contributed by atoms with Crippen LogP contribution < -0.4 is 0 Å². The van der Waals surface area contributed by atoms with Gasteiger partial charge in [-0.2, -0.15) is 0 Å². The quantitative estimate of drug-likeness (QED) is 0.604. The first-order chi connectivity index (χ1) is 6.38. The Morgan fingerprint density at radius 2 is 1.79 bits per heavy atom. The first-order valence-corrected chi connectivity index (χ1v) is 6.71. The van der Waals surface area contributed by atoms with Crippen LogP contribution in [0.15, 0.2) is 0 Å². The summed E-state index contributed by atoms with van der Waals surface area (Å²) in [5, 5.41) is 18.4. The Labute approximate surface area is 84.3 Å². The van der Waals surface area contributed by atoms with Crippen LogP contribution in [-0.4, -0.2) is 67.4 Å². The molecule has 0 amide bonds. The van der Waals surface area contributed by atoms with Gasteiger partial charge in [0.1, 0.15) is 9.84 Å². The number of nitrogens with zero attached hydrogens (tertiary/aromatic N) is 1. The smallest absolute Gasteiger partial charge is 0.147 e. The van der Waals surface area contributed by atoms with E-state index in [1.165, 1.54) is 6.26 Å². The second-order valence-electron chi connectivity index (χ2n) is 3.88. The monoisotopic (exact) mass is 223 g/mol. The van der Waals surface area contributed by atoms with E-state index in [0.717, 1.165) is 0 Å². The van der Waals surface area contributed by atoms with E-state index in [4.69, 9.17) is 0 Å².